The van der Waals surface area contributed by atoms with E-state index in [0.29, 0.717) is 17.7 Å². The molecule has 1 aromatic carbocycles. The number of anilines is 1. The van der Waals surface area contributed by atoms with Crippen LogP contribution in [0.15, 0.2) is 57.5 Å². The molecule has 0 amide bonds. The molecule has 178 valence electrons. The molecule has 2 N–H and O–H groups in total. The van der Waals surface area contributed by atoms with E-state index in [4.69, 9.17) is 5.73 Å². The van der Waals surface area contributed by atoms with Crippen molar-refractivity contribution in [1.82, 2.24) is 0 Å². The minimum absolute atomic E-state index is 0.0731. The van der Waals surface area contributed by atoms with Gasteiger partial charge in [0.05, 0.1) is 28.8 Å². The summed E-state index contributed by atoms with van der Waals surface area (Å²) in [6.07, 6.45) is -3.28. The molecule has 2 aliphatic rings. The summed E-state index contributed by atoms with van der Waals surface area (Å²) in [5.41, 5.74) is 5.84. The number of hydrogen-bond donors (Lipinski definition) is 1. The smallest absolute Gasteiger partial charge is 0.384 e. The van der Waals surface area contributed by atoms with Gasteiger partial charge in [0.2, 0.25) is 0 Å². The Kier molecular flexibility index (Phi) is 6.19. The van der Waals surface area contributed by atoms with Gasteiger partial charge in [0, 0.05) is 31.9 Å². The Balaban J connectivity index is 2.04. The van der Waals surface area contributed by atoms with Crippen LogP contribution >= 0.6 is 27.3 Å². The lowest BCUT2D eigenvalue weighted by Crippen LogP contribution is -2.42. The Morgan fingerprint density at radius 1 is 1.29 bits per heavy atom. The first kappa shape index (κ1) is 24.6. The Morgan fingerprint density at radius 3 is 2.56 bits per heavy atom. The standard InChI is InChI=1S/C25H23BrF3N3OS/c1-4-19-15(26)9-20(34-19)21-13(12-30)23(31)32(16-8-6-5-7-14(16)25(27,28)29)17-10-24(2,3)11-18(33)22(17)21/h5-9,21H,4,10-11,31H2,1-3H3. The number of nitrogens with zero attached hydrogens (tertiary/aromatic N) is 2. The van der Waals surface area contributed by atoms with Crippen LogP contribution in [0, 0.1) is 16.7 Å². The van der Waals surface area contributed by atoms with E-state index in [1.54, 1.807) is 0 Å². The molecule has 2 heterocycles. The lowest BCUT2D eigenvalue weighted by atomic mass is 9.69. The molecular weight excluding hydrogens is 527 g/mol. The minimum Gasteiger partial charge on any atom is -0.384 e. The Labute approximate surface area is 208 Å². The largest absolute Gasteiger partial charge is 0.418 e. The lowest BCUT2D eigenvalue weighted by molar-refractivity contribution is -0.137. The van der Waals surface area contributed by atoms with Crippen molar-refractivity contribution < 1.29 is 18.0 Å². The molecule has 0 bridgehead atoms. The molecule has 0 radical (unpaired) electrons. The monoisotopic (exact) mass is 549 g/mol. The lowest BCUT2D eigenvalue weighted by Gasteiger charge is -2.44. The van der Waals surface area contributed by atoms with Gasteiger partial charge in [0.15, 0.2) is 5.78 Å². The van der Waals surface area contributed by atoms with Crippen molar-refractivity contribution >= 4 is 38.7 Å². The normalized spacial score (nSPS) is 20.5. The number of allylic oxidation sites excluding steroid dienone is 3. The molecule has 0 saturated carbocycles. The first-order chi connectivity index (χ1) is 15.9. The summed E-state index contributed by atoms with van der Waals surface area (Å²) in [6.45, 7) is 5.83. The molecule has 9 heteroatoms. The van der Waals surface area contributed by atoms with Crippen molar-refractivity contribution in [2.75, 3.05) is 4.90 Å². The second kappa shape index (κ2) is 8.58. The summed E-state index contributed by atoms with van der Waals surface area (Å²) >= 11 is 5.02. The zero-order valence-electron chi connectivity index (χ0n) is 18.9. The van der Waals surface area contributed by atoms with E-state index in [9.17, 15) is 23.2 Å². The average Bonchev–Trinajstić information content (AvgIpc) is 3.12. The van der Waals surface area contributed by atoms with E-state index in [1.807, 2.05) is 26.8 Å². The van der Waals surface area contributed by atoms with Gasteiger partial charge in [-0.2, -0.15) is 18.4 Å². The number of aryl methyl sites for hydroxylation is 1. The second-order valence-electron chi connectivity index (χ2n) is 9.27. The zero-order valence-corrected chi connectivity index (χ0v) is 21.3. The molecule has 1 aliphatic carbocycles. The number of benzene rings is 1. The van der Waals surface area contributed by atoms with E-state index < -0.39 is 23.1 Å². The molecule has 4 nitrogen and oxygen atoms in total. The summed E-state index contributed by atoms with van der Waals surface area (Å²) in [7, 11) is 0. The molecule has 1 unspecified atom stereocenters. The third kappa shape index (κ3) is 4.07. The fraction of sp³-hybridized carbons (Fsp3) is 0.360. The molecule has 1 aromatic heterocycles. The van der Waals surface area contributed by atoms with Gasteiger partial charge in [-0.25, -0.2) is 0 Å². The fourth-order valence-corrected chi connectivity index (χ4v) is 6.82. The van der Waals surface area contributed by atoms with Crippen molar-refractivity contribution in [3.63, 3.8) is 0 Å². The van der Waals surface area contributed by atoms with Gasteiger partial charge in [0.1, 0.15) is 5.82 Å². The Bertz CT molecular complexity index is 1280. The highest BCUT2D eigenvalue weighted by molar-refractivity contribution is 9.10. The molecule has 1 atom stereocenters. The van der Waals surface area contributed by atoms with Crippen molar-refractivity contribution in [2.45, 2.75) is 52.1 Å². The van der Waals surface area contributed by atoms with Crippen molar-refractivity contribution in [2.24, 2.45) is 11.1 Å². The highest BCUT2D eigenvalue weighted by atomic mass is 79.9. The van der Waals surface area contributed by atoms with Crippen LogP contribution in [-0.4, -0.2) is 5.78 Å². The van der Waals surface area contributed by atoms with Crippen LogP contribution < -0.4 is 10.6 Å². The van der Waals surface area contributed by atoms with E-state index >= 15 is 0 Å². The molecule has 0 spiro atoms. The van der Waals surface area contributed by atoms with Gasteiger partial charge in [-0.3, -0.25) is 9.69 Å². The molecule has 2 aromatic rings. The maximum atomic E-state index is 14.0. The first-order valence-corrected chi connectivity index (χ1v) is 12.4. The highest BCUT2D eigenvalue weighted by Crippen LogP contribution is 2.53. The van der Waals surface area contributed by atoms with Gasteiger partial charge in [0.25, 0.3) is 0 Å². The van der Waals surface area contributed by atoms with E-state index in [-0.39, 0.29) is 29.3 Å². The predicted molar refractivity (Wildman–Crippen MR) is 130 cm³/mol. The van der Waals surface area contributed by atoms with Gasteiger partial charge < -0.3 is 5.73 Å². The van der Waals surface area contributed by atoms with Crippen molar-refractivity contribution in [3.8, 4) is 6.07 Å². The quantitative estimate of drug-likeness (QED) is 0.446. The Hall–Kier alpha value is -2.57. The van der Waals surface area contributed by atoms with Crippen molar-refractivity contribution in [1.29, 1.82) is 5.26 Å². The van der Waals surface area contributed by atoms with E-state index in [2.05, 4.69) is 22.0 Å². The van der Waals surface area contributed by atoms with Crippen LogP contribution in [0.25, 0.3) is 0 Å². The third-order valence-electron chi connectivity index (χ3n) is 6.21. The summed E-state index contributed by atoms with van der Waals surface area (Å²) < 4.78 is 42.7. The number of carbonyl (C=O) groups excluding carboxylic acids is 1. The maximum absolute atomic E-state index is 14.0. The van der Waals surface area contributed by atoms with Gasteiger partial charge in [-0.05, 0) is 52.4 Å². The molecule has 0 saturated heterocycles. The number of Topliss-reactive ketones (excluding diaryl/α,β-unsaturated/α-hetero) is 1. The number of rotatable bonds is 3. The Morgan fingerprint density at radius 2 is 1.97 bits per heavy atom. The van der Waals surface area contributed by atoms with Gasteiger partial charge >= 0.3 is 6.18 Å². The topological polar surface area (TPSA) is 70.1 Å². The molecule has 4 rings (SSSR count). The third-order valence-corrected chi connectivity index (χ3v) is 8.53. The summed E-state index contributed by atoms with van der Waals surface area (Å²) in [4.78, 5) is 16.6. The summed E-state index contributed by atoms with van der Waals surface area (Å²) in [5, 5.41) is 10.1. The number of halogens is 4. The maximum Gasteiger partial charge on any atom is 0.418 e. The number of ketones is 1. The molecule has 34 heavy (non-hydrogen) atoms. The van der Waals surface area contributed by atoms with E-state index in [0.717, 1.165) is 26.7 Å². The van der Waals surface area contributed by atoms with Crippen LogP contribution in [0.1, 0.15) is 54.8 Å². The minimum atomic E-state index is -4.63. The average molecular weight is 550 g/mol. The van der Waals surface area contributed by atoms with Crippen LogP contribution in [-0.2, 0) is 17.4 Å². The van der Waals surface area contributed by atoms with E-state index in [1.165, 1.54) is 34.4 Å². The van der Waals surface area contributed by atoms with Gasteiger partial charge in [-0.1, -0.05) is 32.9 Å². The summed E-state index contributed by atoms with van der Waals surface area (Å²) in [6, 6.07) is 9.13. The molecule has 0 fully saturated rings. The summed E-state index contributed by atoms with van der Waals surface area (Å²) in [5.74, 6) is -0.955. The number of carbonyl (C=O) groups is 1. The molecule has 1 aliphatic heterocycles. The number of alkyl halides is 3. The molecular formula is C25H23BrF3N3OS. The number of nitrogens with two attached hydrogens (primary N) is 1. The second-order valence-corrected chi connectivity index (χ2v) is 11.3. The number of nitriles is 1. The fourth-order valence-electron chi connectivity index (χ4n) is 4.79. The van der Waals surface area contributed by atoms with Crippen LogP contribution in [0.2, 0.25) is 0 Å². The highest BCUT2D eigenvalue weighted by Gasteiger charge is 2.47. The zero-order chi connectivity index (χ0) is 25.0. The number of hydrogen-bond acceptors (Lipinski definition) is 5. The number of thiophene rings is 1. The predicted octanol–water partition coefficient (Wildman–Crippen LogP) is 7.03. The van der Waals surface area contributed by atoms with Crippen LogP contribution in [0.5, 0.6) is 0 Å². The SMILES string of the molecule is CCc1sc(C2C(C#N)=C(N)N(c3ccccc3C(F)(F)F)C3=C2C(=O)CC(C)(C)C3)cc1Br. The first-order valence-electron chi connectivity index (χ1n) is 10.8. The van der Waals surface area contributed by atoms with Crippen LogP contribution in [0.3, 0.4) is 0 Å². The van der Waals surface area contributed by atoms with Gasteiger partial charge in [-0.15, -0.1) is 11.3 Å². The van der Waals surface area contributed by atoms with Crippen molar-refractivity contribution in [3.05, 3.63) is 72.8 Å². The number of para-hydroxylation sites is 1. The van der Waals surface area contributed by atoms with Crippen LogP contribution in [0.4, 0.5) is 18.9 Å².